The number of anilines is 1. The standard InChI is InChI=1S/C12H19FN6O4/c1-23-12(4-14,2-3-20)7(21)8(13)19-5-16-6-9(19)17-11(15)18-10(6)22/h5,7-8,20-21H,2-4,14H2,1H3,(H3,15,17,18,22)/t7-,8-,12?/m0/s1. The molecule has 11 heteroatoms. The van der Waals surface area contributed by atoms with Crippen molar-refractivity contribution in [2.24, 2.45) is 5.73 Å². The van der Waals surface area contributed by atoms with Crippen molar-refractivity contribution < 1.29 is 19.3 Å². The van der Waals surface area contributed by atoms with Gasteiger partial charge in [-0.25, -0.2) is 9.37 Å². The number of aromatic nitrogens is 4. The van der Waals surface area contributed by atoms with Crippen LogP contribution in [0.25, 0.3) is 11.2 Å². The number of H-pyrrole nitrogens is 1. The van der Waals surface area contributed by atoms with Crippen molar-refractivity contribution >= 4 is 17.1 Å². The van der Waals surface area contributed by atoms with Crippen LogP contribution in [0.3, 0.4) is 0 Å². The summed E-state index contributed by atoms with van der Waals surface area (Å²) in [4.78, 5) is 21.5. The lowest BCUT2D eigenvalue weighted by Gasteiger charge is -2.36. The normalized spacial score (nSPS) is 17.1. The highest BCUT2D eigenvalue weighted by Crippen LogP contribution is 2.29. The minimum absolute atomic E-state index is 0.0790. The molecule has 10 nitrogen and oxygen atoms in total. The van der Waals surface area contributed by atoms with Crippen LogP contribution in [-0.2, 0) is 4.74 Å². The lowest BCUT2D eigenvalue weighted by atomic mass is 9.92. The Morgan fingerprint density at radius 3 is 2.87 bits per heavy atom. The molecule has 0 aliphatic heterocycles. The quantitative estimate of drug-likeness (QED) is 0.399. The van der Waals surface area contributed by atoms with Crippen molar-refractivity contribution in [2.45, 2.75) is 24.4 Å². The van der Waals surface area contributed by atoms with E-state index in [1.54, 1.807) is 0 Å². The Kier molecular flexibility index (Phi) is 4.94. The van der Waals surface area contributed by atoms with Crippen molar-refractivity contribution in [3.8, 4) is 0 Å². The SMILES string of the molecule is COC(CN)(CCO)[C@@H](O)[C@@H](F)n1cnc2c(=O)[nH]c(N)nc21. The van der Waals surface area contributed by atoms with Crippen LogP contribution in [0.2, 0.25) is 0 Å². The maximum Gasteiger partial charge on any atom is 0.280 e. The van der Waals surface area contributed by atoms with E-state index in [1.165, 1.54) is 7.11 Å². The van der Waals surface area contributed by atoms with E-state index < -0.39 is 23.6 Å². The lowest BCUT2D eigenvalue weighted by Crippen LogP contribution is -2.53. The summed E-state index contributed by atoms with van der Waals surface area (Å²) in [7, 11) is 1.26. The Morgan fingerprint density at radius 1 is 1.61 bits per heavy atom. The number of nitrogens with one attached hydrogen (secondary N) is 1. The number of hydrogen-bond donors (Lipinski definition) is 5. The number of methoxy groups -OCH3 is 1. The number of rotatable bonds is 7. The van der Waals surface area contributed by atoms with Gasteiger partial charge < -0.3 is 26.4 Å². The molecule has 2 aromatic heterocycles. The third kappa shape index (κ3) is 2.91. The van der Waals surface area contributed by atoms with Gasteiger partial charge in [-0.05, 0) is 0 Å². The number of imidazole rings is 1. The maximum atomic E-state index is 14.8. The molecular weight excluding hydrogens is 311 g/mol. The molecule has 0 radical (unpaired) electrons. The number of aliphatic hydroxyl groups excluding tert-OH is 2. The molecule has 0 amide bonds. The topological polar surface area (TPSA) is 165 Å². The second kappa shape index (κ2) is 6.58. The Balaban J connectivity index is 2.47. The van der Waals surface area contributed by atoms with Crippen LogP contribution in [-0.4, -0.2) is 61.7 Å². The van der Waals surface area contributed by atoms with Gasteiger partial charge in [-0.1, -0.05) is 0 Å². The smallest absolute Gasteiger partial charge is 0.280 e. The monoisotopic (exact) mass is 330 g/mol. The van der Waals surface area contributed by atoms with Crippen molar-refractivity contribution in [3.63, 3.8) is 0 Å². The van der Waals surface area contributed by atoms with Gasteiger partial charge in [-0.3, -0.25) is 14.3 Å². The first-order valence-corrected chi connectivity index (χ1v) is 6.80. The van der Waals surface area contributed by atoms with E-state index in [-0.39, 0.29) is 36.7 Å². The molecule has 2 rings (SSSR count). The fourth-order valence-corrected chi connectivity index (χ4v) is 2.39. The van der Waals surface area contributed by atoms with Crippen molar-refractivity contribution in [2.75, 3.05) is 26.0 Å². The molecule has 0 aromatic carbocycles. The number of aromatic amines is 1. The second-order valence-corrected chi connectivity index (χ2v) is 5.04. The van der Waals surface area contributed by atoms with Crippen molar-refractivity contribution in [1.29, 1.82) is 0 Å². The van der Waals surface area contributed by atoms with Gasteiger partial charge >= 0.3 is 0 Å². The number of fused-ring (bicyclic) bond motifs is 1. The number of nitrogens with two attached hydrogens (primary N) is 2. The molecule has 0 fully saturated rings. The molecule has 128 valence electrons. The summed E-state index contributed by atoms with van der Waals surface area (Å²) in [5, 5.41) is 19.5. The van der Waals surface area contributed by atoms with Gasteiger partial charge in [0.25, 0.3) is 5.56 Å². The molecule has 1 unspecified atom stereocenters. The number of nitrogen functional groups attached to an aromatic ring is 1. The zero-order valence-corrected chi connectivity index (χ0v) is 12.4. The van der Waals surface area contributed by atoms with E-state index in [1.807, 2.05) is 0 Å². The van der Waals surface area contributed by atoms with Gasteiger partial charge in [0.1, 0.15) is 11.7 Å². The van der Waals surface area contributed by atoms with Gasteiger partial charge in [0.15, 0.2) is 11.2 Å². The number of hydrogen-bond acceptors (Lipinski definition) is 8. The van der Waals surface area contributed by atoms with Crippen molar-refractivity contribution in [3.05, 3.63) is 16.7 Å². The largest absolute Gasteiger partial charge is 0.396 e. The molecule has 0 aliphatic carbocycles. The Hall–Kier alpha value is -2.08. The van der Waals surface area contributed by atoms with Gasteiger partial charge in [-0.2, -0.15) is 4.98 Å². The van der Waals surface area contributed by atoms with E-state index in [0.717, 1.165) is 10.9 Å². The average Bonchev–Trinajstić information content (AvgIpc) is 2.95. The third-order valence-electron chi connectivity index (χ3n) is 3.80. The summed E-state index contributed by atoms with van der Waals surface area (Å²) in [6, 6.07) is 0. The highest BCUT2D eigenvalue weighted by Gasteiger charge is 2.43. The number of ether oxygens (including phenoxy) is 1. The van der Waals surface area contributed by atoms with Gasteiger partial charge in [0, 0.05) is 26.7 Å². The molecule has 3 atom stereocenters. The Labute approximate surface area is 129 Å². The summed E-state index contributed by atoms with van der Waals surface area (Å²) in [6.07, 6.45) is -2.85. The van der Waals surface area contributed by atoms with Crippen LogP contribution in [0.15, 0.2) is 11.1 Å². The maximum absolute atomic E-state index is 14.8. The summed E-state index contributed by atoms with van der Waals surface area (Å²) in [6.45, 7) is -0.585. The second-order valence-electron chi connectivity index (χ2n) is 5.04. The van der Waals surface area contributed by atoms with Gasteiger partial charge in [0.2, 0.25) is 12.2 Å². The molecule has 0 saturated carbocycles. The van der Waals surface area contributed by atoms with E-state index in [9.17, 15) is 14.3 Å². The predicted molar refractivity (Wildman–Crippen MR) is 79.2 cm³/mol. The zero-order chi connectivity index (χ0) is 17.2. The van der Waals surface area contributed by atoms with E-state index in [0.29, 0.717) is 0 Å². The molecule has 0 bridgehead atoms. The number of nitrogens with zero attached hydrogens (tertiary/aromatic N) is 3. The van der Waals surface area contributed by atoms with E-state index in [4.69, 9.17) is 21.3 Å². The summed E-state index contributed by atoms with van der Waals surface area (Å²) >= 11 is 0. The molecule has 2 aromatic rings. The molecule has 7 N–H and O–H groups in total. The number of aliphatic hydroxyl groups is 2. The molecule has 23 heavy (non-hydrogen) atoms. The van der Waals surface area contributed by atoms with Crippen molar-refractivity contribution in [1.82, 2.24) is 19.5 Å². The first kappa shape index (κ1) is 17.3. The Bertz CT molecular complexity index is 728. The summed E-state index contributed by atoms with van der Waals surface area (Å²) < 4.78 is 20.8. The number of alkyl halides is 1. The first-order chi connectivity index (χ1) is 10.9. The zero-order valence-electron chi connectivity index (χ0n) is 12.4. The highest BCUT2D eigenvalue weighted by atomic mass is 19.1. The molecule has 2 heterocycles. The van der Waals surface area contributed by atoms with Crippen LogP contribution in [0.1, 0.15) is 12.7 Å². The van der Waals surface area contributed by atoms with E-state index in [2.05, 4.69) is 15.0 Å². The van der Waals surface area contributed by atoms with Crippen LogP contribution >= 0.6 is 0 Å². The fourth-order valence-electron chi connectivity index (χ4n) is 2.39. The third-order valence-corrected chi connectivity index (χ3v) is 3.80. The van der Waals surface area contributed by atoms with Crippen LogP contribution in [0, 0.1) is 0 Å². The molecule has 0 aliphatic rings. The average molecular weight is 330 g/mol. The predicted octanol–water partition coefficient (Wildman–Crippen LogP) is -1.74. The fraction of sp³-hybridized carbons (Fsp3) is 0.583. The van der Waals surface area contributed by atoms with Crippen LogP contribution in [0.5, 0.6) is 0 Å². The molecule has 0 spiro atoms. The minimum atomic E-state index is -2.07. The Morgan fingerprint density at radius 2 is 2.30 bits per heavy atom. The molecular formula is C12H19FN6O4. The van der Waals surface area contributed by atoms with Crippen LogP contribution < -0.4 is 17.0 Å². The molecule has 0 saturated heterocycles. The van der Waals surface area contributed by atoms with Gasteiger partial charge in [-0.15, -0.1) is 0 Å². The highest BCUT2D eigenvalue weighted by molar-refractivity contribution is 5.70. The summed E-state index contributed by atoms with van der Waals surface area (Å²) in [5.41, 5.74) is 8.66. The van der Waals surface area contributed by atoms with Gasteiger partial charge in [0.05, 0.1) is 6.33 Å². The number of halogens is 1. The van der Waals surface area contributed by atoms with E-state index >= 15 is 0 Å². The van der Waals surface area contributed by atoms with Crippen LogP contribution in [0.4, 0.5) is 10.3 Å². The summed E-state index contributed by atoms with van der Waals surface area (Å²) in [5.74, 6) is -0.210. The minimum Gasteiger partial charge on any atom is -0.396 e. The first-order valence-electron chi connectivity index (χ1n) is 6.80. The lowest BCUT2D eigenvalue weighted by molar-refractivity contribution is -0.145.